The molecule has 1 N–H and O–H groups in total. The highest BCUT2D eigenvalue weighted by Crippen LogP contribution is 2.60. The minimum absolute atomic E-state index is 0.0613. The highest BCUT2D eigenvalue weighted by molar-refractivity contribution is 6.23. The van der Waals surface area contributed by atoms with Crippen LogP contribution in [0, 0.1) is 29.1 Å². The van der Waals surface area contributed by atoms with E-state index < -0.39 is 35.7 Å². The van der Waals surface area contributed by atoms with E-state index in [-0.39, 0.29) is 22.1 Å². The third-order valence-electron chi connectivity index (χ3n) is 7.99. The normalized spacial score (nSPS) is 31.2. The molecule has 170 valence electrons. The number of carbonyl (C=O) groups is 4. The molecule has 7 heteroatoms. The van der Waals surface area contributed by atoms with E-state index in [4.69, 9.17) is 4.74 Å². The third kappa shape index (κ3) is 3.33. The molecule has 5 aliphatic rings. The van der Waals surface area contributed by atoms with Gasteiger partial charge in [-0.25, -0.2) is 9.59 Å². The number of benzene rings is 1. The molecule has 4 fully saturated rings. The standard InChI is InChI=1S/C25H29NO6/c1-13(2)20(23(29)30)26-21(27)18-4-3-17(8-19(18)22(26)28)24(31)32-12-25-9-14-5-15(10-25)7-16(6-14)11-25/h3-4,8,13-16,20H,5-7,9-12H2,1-2H3,(H,29,30). The van der Waals surface area contributed by atoms with Gasteiger partial charge in [-0.3, -0.25) is 14.5 Å². The average Bonchev–Trinajstić information content (AvgIpc) is 2.95. The lowest BCUT2D eigenvalue weighted by molar-refractivity contribution is -0.143. The summed E-state index contributed by atoms with van der Waals surface area (Å²) in [7, 11) is 0. The molecule has 0 spiro atoms. The Morgan fingerprint density at radius 2 is 1.59 bits per heavy atom. The average molecular weight is 440 g/mol. The molecule has 0 aromatic heterocycles. The van der Waals surface area contributed by atoms with E-state index >= 15 is 0 Å². The van der Waals surface area contributed by atoms with Gasteiger partial charge in [-0.2, -0.15) is 0 Å². The summed E-state index contributed by atoms with van der Waals surface area (Å²) in [6.07, 6.45) is 7.34. The van der Waals surface area contributed by atoms with Crippen LogP contribution in [0.5, 0.6) is 0 Å². The Labute approximate surface area is 187 Å². The number of hydrogen-bond donors (Lipinski definition) is 1. The van der Waals surface area contributed by atoms with Crippen molar-refractivity contribution in [2.45, 2.75) is 58.4 Å². The third-order valence-corrected chi connectivity index (χ3v) is 7.99. The van der Waals surface area contributed by atoms with Gasteiger partial charge < -0.3 is 9.84 Å². The van der Waals surface area contributed by atoms with Gasteiger partial charge in [-0.05, 0) is 80.4 Å². The number of imide groups is 1. The number of hydrogen-bond acceptors (Lipinski definition) is 5. The number of ether oxygens (including phenoxy) is 1. The summed E-state index contributed by atoms with van der Waals surface area (Å²) in [4.78, 5) is 51.0. The summed E-state index contributed by atoms with van der Waals surface area (Å²) >= 11 is 0. The van der Waals surface area contributed by atoms with Crippen molar-refractivity contribution in [2.75, 3.05) is 6.61 Å². The maximum absolute atomic E-state index is 12.9. The van der Waals surface area contributed by atoms with E-state index in [1.807, 2.05) is 0 Å². The molecule has 6 rings (SSSR count). The van der Waals surface area contributed by atoms with Gasteiger partial charge in [0, 0.05) is 5.41 Å². The SMILES string of the molecule is CC(C)C(C(=O)O)N1C(=O)c2ccc(C(=O)OCC34CC5CC(CC(C5)C3)C4)cc2C1=O. The minimum atomic E-state index is -1.26. The maximum Gasteiger partial charge on any atom is 0.338 e. The zero-order valence-corrected chi connectivity index (χ0v) is 18.5. The van der Waals surface area contributed by atoms with Gasteiger partial charge in [-0.1, -0.05) is 13.8 Å². The lowest BCUT2D eigenvalue weighted by atomic mass is 9.50. The van der Waals surface area contributed by atoms with Crippen LogP contribution in [0.1, 0.15) is 83.4 Å². The van der Waals surface area contributed by atoms with Crippen molar-refractivity contribution in [1.82, 2.24) is 4.90 Å². The van der Waals surface area contributed by atoms with Gasteiger partial charge in [-0.15, -0.1) is 0 Å². The Balaban J connectivity index is 1.32. The Morgan fingerprint density at radius 1 is 1.03 bits per heavy atom. The van der Waals surface area contributed by atoms with Crippen LogP contribution in [0.2, 0.25) is 0 Å². The van der Waals surface area contributed by atoms with E-state index in [1.165, 1.54) is 37.5 Å². The lowest BCUT2D eigenvalue weighted by Crippen LogP contribution is -2.48. The van der Waals surface area contributed by atoms with Crippen LogP contribution in [0.4, 0.5) is 0 Å². The highest BCUT2D eigenvalue weighted by Gasteiger charge is 2.51. The fraction of sp³-hybridized carbons (Fsp3) is 0.600. The van der Waals surface area contributed by atoms with Gasteiger partial charge in [0.25, 0.3) is 11.8 Å². The molecule has 4 saturated carbocycles. The van der Waals surface area contributed by atoms with Crippen molar-refractivity contribution in [3.05, 3.63) is 34.9 Å². The first kappa shape index (κ1) is 21.2. The molecule has 1 atom stereocenters. The summed E-state index contributed by atoms with van der Waals surface area (Å²) in [6.45, 7) is 3.70. The van der Waals surface area contributed by atoms with E-state index in [9.17, 15) is 24.3 Å². The van der Waals surface area contributed by atoms with Crippen molar-refractivity contribution in [3.63, 3.8) is 0 Å². The van der Waals surface area contributed by atoms with E-state index in [0.29, 0.717) is 6.61 Å². The second kappa shape index (κ2) is 7.42. The number of aliphatic carboxylic acids is 1. The molecule has 4 aliphatic carbocycles. The van der Waals surface area contributed by atoms with Crippen molar-refractivity contribution in [1.29, 1.82) is 0 Å². The summed E-state index contributed by atoms with van der Waals surface area (Å²) in [5, 5.41) is 9.53. The molecular formula is C25H29NO6. The number of amides is 2. The molecule has 2 amide bonds. The van der Waals surface area contributed by atoms with E-state index in [0.717, 1.165) is 41.9 Å². The molecule has 0 saturated heterocycles. The number of carbonyl (C=O) groups excluding carboxylic acids is 3. The number of esters is 1. The van der Waals surface area contributed by atoms with Crippen LogP contribution < -0.4 is 0 Å². The molecular weight excluding hydrogens is 410 g/mol. The summed E-state index contributed by atoms with van der Waals surface area (Å²) in [5.74, 6) is -1.21. The first-order valence-electron chi connectivity index (χ1n) is 11.6. The van der Waals surface area contributed by atoms with E-state index in [2.05, 4.69) is 0 Å². The Hall–Kier alpha value is -2.70. The number of nitrogens with zero attached hydrogens (tertiary/aromatic N) is 1. The molecule has 1 aromatic carbocycles. The fourth-order valence-electron chi connectivity index (χ4n) is 7.10. The first-order valence-corrected chi connectivity index (χ1v) is 11.6. The molecule has 7 nitrogen and oxygen atoms in total. The van der Waals surface area contributed by atoms with Crippen molar-refractivity contribution in [3.8, 4) is 0 Å². The molecule has 1 unspecified atom stereocenters. The van der Waals surface area contributed by atoms with Crippen LogP contribution in [-0.2, 0) is 9.53 Å². The summed E-state index contributed by atoms with van der Waals surface area (Å²) in [6, 6.07) is 3.03. The maximum atomic E-state index is 12.9. The first-order chi connectivity index (χ1) is 15.2. The van der Waals surface area contributed by atoms with Crippen molar-refractivity contribution >= 4 is 23.8 Å². The zero-order chi connectivity index (χ0) is 22.8. The summed E-state index contributed by atoms with van der Waals surface area (Å²) in [5.41, 5.74) is 0.494. The number of carboxylic acids is 1. The van der Waals surface area contributed by atoms with Gasteiger partial charge in [0.15, 0.2) is 0 Å². The second-order valence-corrected chi connectivity index (χ2v) is 10.8. The van der Waals surface area contributed by atoms with Crippen molar-refractivity contribution in [2.24, 2.45) is 29.1 Å². The quantitative estimate of drug-likeness (QED) is 0.535. The molecule has 1 heterocycles. The van der Waals surface area contributed by atoms with Gasteiger partial charge in [0.05, 0.1) is 23.3 Å². The topological polar surface area (TPSA) is 101 Å². The Bertz CT molecular complexity index is 976. The number of rotatable bonds is 6. The summed E-state index contributed by atoms with van der Waals surface area (Å²) < 4.78 is 5.74. The van der Waals surface area contributed by atoms with Crippen LogP contribution >= 0.6 is 0 Å². The lowest BCUT2D eigenvalue weighted by Gasteiger charge is -2.56. The largest absolute Gasteiger partial charge is 0.480 e. The van der Waals surface area contributed by atoms with Gasteiger partial charge in [0.2, 0.25) is 0 Å². The number of fused-ring (bicyclic) bond motifs is 1. The highest BCUT2D eigenvalue weighted by atomic mass is 16.5. The zero-order valence-electron chi connectivity index (χ0n) is 18.5. The molecule has 32 heavy (non-hydrogen) atoms. The molecule has 1 aliphatic heterocycles. The monoisotopic (exact) mass is 439 g/mol. The second-order valence-electron chi connectivity index (χ2n) is 10.8. The fourth-order valence-corrected chi connectivity index (χ4v) is 7.10. The van der Waals surface area contributed by atoms with Crippen LogP contribution in [-0.4, -0.2) is 46.4 Å². The van der Waals surface area contributed by atoms with Crippen LogP contribution in [0.3, 0.4) is 0 Å². The predicted octanol–water partition coefficient (Wildman–Crippen LogP) is 3.77. The predicted molar refractivity (Wildman–Crippen MR) is 114 cm³/mol. The molecule has 4 bridgehead atoms. The van der Waals surface area contributed by atoms with Gasteiger partial charge >= 0.3 is 11.9 Å². The van der Waals surface area contributed by atoms with Crippen molar-refractivity contribution < 1.29 is 29.0 Å². The molecule has 1 aromatic rings. The van der Waals surface area contributed by atoms with Crippen LogP contribution in [0.25, 0.3) is 0 Å². The van der Waals surface area contributed by atoms with Gasteiger partial charge in [0.1, 0.15) is 6.04 Å². The number of carboxylic acid groups (broad SMARTS) is 1. The Morgan fingerprint density at radius 3 is 2.12 bits per heavy atom. The molecule has 0 radical (unpaired) electrons. The smallest absolute Gasteiger partial charge is 0.338 e. The van der Waals surface area contributed by atoms with Crippen LogP contribution in [0.15, 0.2) is 18.2 Å². The minimum Gasteiger partial charge on any atom is -0.480 e. The Kier molecular flexibility index (Phi) is 4.91. The van der Waals surface area contributed by atoms with E-state index in [1.54, 1.807) is 13.8 Å².